The zero-order valence-corrected chi connectivity index (χ0v) is 9.31. The van der Waals surface area contributed by atoms with Crippen LogP contribution in [0.3, 0.4) is 0 Å². The first-order valence-electron chi connectivity index (χ1n) is 4.66. The van der Waals surface area contributed by atoms with E-state index in [1.165, 1.54) is 12.5 Å². The van der Waals surface area contributed by atoms with E-state index in [-0.39, 0.29) is 11.6 Å². The number of carbonyl (C=O) groups is 1. The maximum Gasteiger partial charge on any atom is 0.303 e. The Morgan fingerprint density at radius 2 is 1.85 bits per heavy atom. The second-order valence-electron chi connectivity index (χ2n) is 4.17. The molecule has 0 amide bonds. The average molecular weight is 184 g/mol. The Morgan fingerprint density at radius 1 is 1.31 bits per heavy atom. The van der Waals surface area contributed by atoms with Gasteiger partial charge in [0.1, 0.15) is 5.60 Å². The van der Waals surface area contributed by atoms with Gasteiger partial charge in [0.25, 0.3) is 0 Å². The van der Waals surface area contributed by atoms with E-state index in [4.69, 9.17) is 4.74 Å². The number of hydrogen-bond acceptors (Lipinski definition) is 2. The molecular formula is C11H20O2. The van der Waals surface area contributed by atoms with Crippen molar-refractivity contribution in [1.82, 2.24) is 0 Å². The minimum Gasteiger partial charge on any atom is -0.460 e. The van der Waals surface area contributed by atoms with E-state index in [0.29, 0.717) is 0 Å². The molecule has 0 fully saturated rings. The van der Waals surface area contributed by atoms with Gasteiger partial charge in [0.05, 0.1) is 0 Å². The second-order valence-corrected chi connectivity index (χ2v) is 4.17. The molecule has 0 saturated carbocycles. The van der Waals surface area contributed by atoms with Crippen LogP contribution in [0.15, 0.2) is 11.6 Å². The molecule has 0 N–H and O–H groups in total. The smallest absolute Gasteiger partial charge is 0.303 e. The number of hydrogen-bond donors (Lipinski definition) is 0. The van der Waals surface area contributed by atoms with E-state index in [0.717, 1.165) is 12.8 Å². The summed E-state index contributed by atoms with van der Waals surface area (Å²) >= 11 is 0. The van der Waals surface area contributed by atoms with E-state index in [1.807, 2.05) is 13.8 Å². The lowest BCUT2D eigenvalue weighted by Gasteiger charge is -2.23. The minimum absolute atomic E-state index is 0.206. The lowest BCUT2D eigenvalue weighted by atomic mass is 10.0. The molecule has 2 heteroatoms. The van der Waals surface area contributed by atoms with Crippen LogP contribution in [0.5, 0.6) is 0 Å². The second kappa shape index (κ2) is 5.05. The van der Waals surface area contributed by atoms with Crippen molar-refractivity contribution in [3.63, 3.8) is 0 Å². The molecule has 0 aromatic carbocycles. The van der Waals surface area contributed by atoms with Crippen LogP contribution in [0.2, 0.25) is 0 Å². The third-order valence-corrected chi connectivity index (χ3v) is 1.72. The quantitative estimate of drug-likeness (QED) is 0.496. The fraction of sp³-hybridized carbons (Fsp3) is 0.727. The third kappa shape index (κ3) is 7.57. The SMILES string of the molecule is CC(=O)OC(C)(C)CCC=C(C)C. The highest BCUT2D eigenvalue weighted by molar-refractivity contribution is 5.66. The summed E-state index contributed by atoms with van der Waals surface area (Å²) in [4.78, 5) is 10.7. The van der Waals surface area contributed by atoms with Gasteiger partial charge in [-0.3, -0.25) is 4.79 Å². The summed E-state index contributed by atoms with van der Waals surface area (Å²) in [6.45, 7) is 9.46. The van der Waals surface area contributed by atoms with E-state index in [2.05, 4.69) is 19.9 Å². The Hall–Kier alpha value is -0.790. The number of allylic oxidation sites excluding steroid dienone is 2. The molecule has 0 aliphatic carbocycles. The normalized spacial score (nSPS) is 10.8. The van der Waals surface area contributed by atoms with E-state index in [1.54, 1.807) is 0 Å². The van der Waals surface area contributed by atoms with Crippen LogP contribution in [0, 0.1) is 0 Å². The van der Waals surface area contributed by atoms with Gasteiger partial charge in [-0.25, -0.2) is 0 Å². The molecule has 0 saturated heterocycles. The fourth-order valence-electron chi connectivity index (χ4n) is 1.15. The highest BCUT2D eigenvalue weighted by Gasteiger charge is 2.19. The summed E-state index contributed by atoms with van der Waals surface area (Å²) < 4.78 is 5.15. The number of carbonyl (C=O) groups excluding carboxylic acids is 1. The van der Waals surface area contributed by atoms with E-state index >= 15 is 0 Å². The van der Waals surface area contributed by atoms with Crippen molar-refractivity contribution in [2.24, 2.45) is 0 Å². The summed E-state index contributed by atoms with van der Waals surface area (Å²) in [5.74, 6) is -0.206. The van der Waals surface area contributed by atoms with Crippen LogP contribution in [-0.4, -0.2) is 11.6 Å². The van der Waals surface area contributed by atoms with Gasteiger partial charge in [-0.1, -0.05) is 11.6 Å². The van der Waals surface area contributed by atoms with Gasteiger partial charge < -0.3 is 4.74 Å². The standard InChI is InChI=1S/C11H20O2/c1-9(2)7-6-8-11(4,5)13-10(3)12/h7H,6,8H2,1-5H3. The maximum atomic E-state index is 10.7. The lowest BCUT2D eigenvalue weighted by molar-refractivity contribution is -0.154. The van der Waals surface area contributed by atoms with Crippen molar-refractivity contribution < 1.29 is 9.53 Å². The first-order chi connectivity index (χ1) is 5.83. The number of esters is 1. The topological polar surface area (TPSA) is 26.3 Å². The van der Waals surface area contributed by atoms with Crippen molar-refractivity contribution in [3.8, 4) is 0 Å². The van der Waals surface area contributed by atoms with Crippen LogP contribution in [0.1, 0.15) is 47.5 Å². The summed E-state index contributed by atoms with van der Waals surface area (Å²) in [5, 5.41) is 0. The Kier molecular flexibility index (Phi) is 4.74. The van der Waals surface area contributed by atoms with Gasteiger partial charge in [0, 0.05) is 6.92 Å². The Bertz CT molecular complexity index is 198. The minimum atomic E-state index is -0.336. The first-order valence-corrected chi connectivity index (χ1v) is 4.66. The van der Waals surface area contributed by atoms with E-state index in [9.17, 15) is 4.79 Å². The third-order valence-electron chi connectivity index (χ3n) is 1.72. The van der Waals surface area contributed by atoms with Crippen LogP contribution < -0.4 is 0 Å². The summed E-state index contributed by atoms with van der Waals surface area (Å²) in [6.07, 6.45) is 3.99. The number of ether oxygens (including phenoxy) is 1. The molecule has 0 bridgehead atoms. The largest absolute Gasteiger partial charge is 0.460 e. The predicted molar refractivity (Wildman–Crippen MR) is 54.5 cm³/mol. The molecular weight excluding hydrogens is 164 g/mol. The van der Waals surface area contributed by atoms with E-state index < -0.39 is 0 Å². The fourth-order valence-corrected chi connectivity index (χ4v) is 1.15. The van der Waals surface area contributed by atoms with Gasteiger partial charge >= 0.3 is 5.97 Å². The summed E-state index contributed by atoms with van der Waals surface area (Å²) in [6, 6.07) is 0. The molecule has 0 aliphatic rings. The Morgan fingerprint density at radius 3 is 2.23 bits per heavy atom. The predicted octanol–water partition coefficient (Wildman–Crippen LogP) is 3.07. The molecule has 0 aromatic heterocycles. The molecule has 0 atom stereocenters. The molecule has 0 radical (unpaired) electrons. The summed E-state index contributed by atoms with van der Waals surface area (Å²) in [5.41, 5.74) is 0.969. The summed E-state index contributed by atoms with van der Waals surface area (Å²) in [7, 11) is 0. The van der Waals surface area contributed by atoms with Crippen LogP contribution in [0.4, 0.5) is 0 Å². The first kappa shape index (κ1) is 12.2. The Balaban J connectivity index is 3.89. The van der Waals surface area contributed by atoms with Crippen LogP contribution in [0.25, 0.3) is 0 Å². The highest BCUT2D eigenvalue weighted by Crippen LogP contribution is 2.17. The molecule has 76 valence electrons. The van der Waals surface area contributed by atoms with Crippen molar-refractivity contribution in [2.75, 3.05) is 0 Å². The molecule has 0 aromatic rings. The molecule has 0 spiro atoms. The average Bonchev–Trinajstić information content (AvgIpc) is 1.81. The maximum absolute atomic E-state index is 10.7. The van der Waals surface area contributed by atoms with Crippen LogP contribution >= 0.6 is 0 Å². The van der Waals surface area contributed by atoms with Crippen molar-refractivity contribution in [3.05, 3.63) is 11.6 Å². The highest BCUT2D eigenvalue weighted by atomic mass is 16.6. The van der Waals surface area contributed by atoms with Crippen molar-refractivity contribution in [1.29, 1.82) is 0 Å². The van der Waals surface area contributed by atoms with Gasteiger partial charge in [0.15, 0.2) is 0 Å². The number of rotatable bonds is 4. The van der Waals surface area contributed by atoms with Gasteiger partial charge in [-0.05, 0) is 40.5 Å². The van der Waals surface area contributed by atoms with Gasteiger partial charge in [0.2, 0.25) is 0 Å². The molecule has 13 heavy (non-hydrogen) atoms. The molecule has 0 aliphatic heterocycles. The van der Waals surface area contributed by atoms with Crippen molar-refractivity contribution >= 4 is 5.97 Å². The van der Waals surface area contributed by atoms with Gasteiger partial charge in [-0.2, -0.15) is 0 Å². The Labute approximate surface area is 81.0 Å². The molecule has 0 heterocycles. The van der Waals surface area contributed by atoms with Gasteiger partial charge in [-0.15, -0.1) is 0 Å². The zero-order chi connectivity index (χ0) is 10.5. The monoisotopic (exact) mass is 184 g/mol. The molecule has 0 rings (SSSR count). The van der Waals surface area contributed by atoms with Crippen molar-refractivity contribution in [2.45, 2.75) is 53.1 Å². The molecule has 0 unspecified atom stereocenters. The van der Waals surface area contributed by atoms with Crippen LogP contribution in [-0.2, 0) is 9.53 Å². The lowest BCUT2D eigenvalue weighted by Crippen LogP contribution is -2.26. The molecule has 2 nitrogen and oxygen atoms in total. The zero-order valence-electron chi connectivity index (χ0n) is 9.31.